The molecule has 0 N–H and O–H groups in total. The molecule has 3 nitrogen and oxygen atoms in total. The van der Waals surface area contributed by atoms with Crippen molar-refractivity contribution in [2.75, 3.05) is 26.7 Å². The van der Waals surface area contributed by atoms with E-state index in [4.69, 9.17) is 0 Å². The number of hydrogen-bond donors (Lipinski definition) is 0. The normalized spacial score (nSPS) is 18.8. The lowest BCUT2D eigenvalue weighted by Crippen LogP contribution is -2.45. The first-order chi connectivity index (χ1) is 9.58. The molecule has 3 heteroatoms. The Morgan fingerprint density at radius 3 is 2.45 bits per heavy atom. The summed E-state index contributed by atoms with van der Waals surface area (Å²) in [6, 6.07) is 11.1. The third-order valence-electron chi connectivity index (χ3n) is 4.50. The molecular formula is C17H26N2O. The Hall–Kier alpha value is -1.35. The van der Waals surface area contributed by atoms with Gasteiger partial charge in [0.1, 0.15) is 0 Å². The lowest BCUT2D eigenvalue weighted by Gasteiger charge is -2.37. The zero-order valence-electron chi connectivity index (χ0n) is 12.9. The number of rotatable bonds is 4. The van der Waals surface area contributed by atoms with Crippen LogP contribution in [-0.4, -0.2) is 48.4 Å². The Labute approximate surface area is 122 Å². The summed E-state index contributed by atoms with van der Waals surface area (Å²) < 4.78 is 0. The van der Waals surface area contributed by atoms with Gasteiger partial charge in [-0.15, -0.1) is 0 Å². The maximum atomic E-state index is 11.4. The van der Waals surface area contributed by atoms with Crippen molar-refractivity contribution in [1.82, 2.24) is 9.80 Å². The molecule has 0 spiro atoms. The van der Waals surface area contributed by atoms with Crippen LogP contribution in [0.15, 0.2) is 30.3 Å². The lowest BCUT2D eigenvalue weighted by atomic mass is 9.98. The SMILES string of the molecule is CC(=O)N(C)C1CCN(CC(C)c2ccccc2)CC1. The standard InChI is InChI=1S/C17H26N2O/c1-14(16-7-5-4-6-8-16)13-19-11-9-17(10-12-19)18(3)15(2)20/h4-8,14,17H,9-13H2,1-3H3. The molecule has 1 amide bonds. The van der Waals surface area contributed by atoms with Gasteiger partial charge >= 0.3 is 0 Å². The van der Waals surface area contributed by atoms with E-state index in [-0.39, 0.29) is 5.91 Å². The molecule has 0 aromatic heterocycles. The molecule has 1 heterocycles. The van der Waals surface area contributed by atoms with E-state index >= 15 is 0 Å². The smallest absolute Gasteiger partial charge is 0.219 e. The van der Waals surface area contributed by atoms with E-state index in [1.54, 1.807) is 6.92 Å². The molecule has 0 aliphatic carbocycles. The zero-order chi connectivity index (χ0) is 14.5. The number of carbonyl (C=O) groups excluding carboxylic acids is 1. The summed E-state index contributed by atoms with van der Waals surface area (Å²) in [6.07, 6.45) is 2.19. The average Bonchev–Trinajstić information content (AvgIpc) is 2.48. The first-order valence-corrected chi connectivity index (χ1v) is 7.58. The Morgan fingerprint density at radius 1 is 1.30 bits per heavy atom. The van der Waals surface area contributed by atoms with Gasteiger partial charge < -0.3 is 9.80 Å². The van der Waals surface area contributed by atoms with Crippen LogP contribution in [0.2, 0.25) is 0 Å². The monoisotopic (exact) mass is 274 g/mol. The highest BCUT2D eigenvalue weighted by molar-refractivity contribution is 5.73. The molecule has 1 fully saturated rings. The Bertz CT molecular complexity index is 424. The minimum atomic E-state index is 0.182. The molecule has 1 saturated heterocycles. The first kappa shape index (κ1) is 15.0. The molecular weight excluding hydrogens is 248 g/mol. The second kappa shape index (κ2) is 6.89. The molecule has 1 unspecified atom stereocenters. The van der Waals surface area contributed by atoms with E-state index in [9.17, 15) is 4.79 Å². The van der Waals surface area contributed by atoms with Crippen molar-refractivity contribution in [2.24, 2.45) is 0 Å². The van der Waals surface area contributed by atoms with Gasteiger partial charge in [-0.2, -0.15) is 0 Å². The second-order valence-electron chi connectivity index (χ2n) is 5.97. The van der Waals surface area contributed by atoms with Crippen LogP contribution in [0.1, 0.15) is 38.2 Å². The van der Waals surface area contributed by atoms with Crippen LogP contribution < -0.4 is 0 Å². The maximum Gasteiger partial charge on any atom is 0.219 e. The summed E-state index contributed by atoms with van der Waals surface area (Å²) in [4.78, 5) is 15.8. The van der Waals surface area contributed by atoms with Gasteiger partial charge in [0, 0.05) is 39.6 Å². The molecule has 1 aromatic carbocycles. The van der Waals surface area contributed by atoms with Crippen molar-refractivity contribution in [3.05, 3.63) is 35.9 Å². The van der Waals surface area contributed by atoms with Crippen LogP contribution in [0.25, 0.3) is 0 Å². The number of likely N-dealkylation sites (tertiary alicyclic amines) is 1. The second-order valence-corrected chi connectivity index (χ2v) is 5.97. The minimum absolute atomic E-state index is 0.182. The average molecular weight is 274 g/mol. The van der Waals surface area contributed by atoms with Gasteiger partial charge in [0.15, 0.2) is 0 Å². The summed E-state index contributed by atoms with van der Waals surface area (Å²) in [5.41, 5.74) is 1.41. The largest absolute Gasteiger partial charge is 0.343 e. The molecule has 1 aromatic rings. The Morgan fingerprint density at radius 2 is 1.90 bits per heavy atom. The van der Waals surface area contributed by atoms with Crippen molar-refractivity contribution in [3.8, 4) is 0 Å². The molecule has 2 rings (SSSR count). The van der Waals surface area contributed by atoms with Gasteiger partial charge in [-0.05, 0) is 24.3 Å². The Kier molecular flexibility index (Phi) is 5.18. The van der Waals surface area contributed by atoms with E-state index in [0.29, 0.717) is 12.0 Å². The van der Waals surface area contributed by atoms with Gasteiger partial charge in [-0.1, -0.05) is 37.3 Å². The van der Waals surface area contributed by atoms with E-state index in [2.05, 4.69) is 42.2 Å². The van der Waals surface area contributed by atoms with Crippen LogP contribution in [0, 0.1) is 0 Å². The molecule has 1 atom stereocenters. The van der Waals surface area contributed by atoms with Gasteiger partial charge in [-0.3, -0.25) is 4.79 Å². The van der Waals surface area contributed by atoms with Crippen LogP contribution >= 0.6 is 0 Å². The van der Waals surface area contributed by atoms with Crippen molar-refractivity contribution >= 4 is 5.91 Å². The molecule has 1 aliphatic rings. The fraction of sp³-hybridized carbons (Fsp3) is 0.588. The summed E-state index contributed by atoms with van der Waals surface area (Å²) in [7, 11) is 1.93. The van der Waals surface area contributed by atoms with Crippen LogP contribution in [0.3, 0.4) is 0 Å². The number of hydrogen-bond acceptors (Lipinski definition) is 2. The fourth-order valence-electron chi connectivity index (χ4n) is 3.02. The third kappa shape index (κ3) is 3.83. The van der Waals surface area contributed by atoms with Crippen LogP contribution in [0.5, 0.6) is 0 Å². The Balaban J connectivity index is 1.81. The number of benzene rings is 1. The zero-order valence-corrected chi connectivity index (χ0v) is 12.9. The number of carbonyl (C=O) groups is 1. The molecule has 0 radical (unpaired) electrons. The highest BCUT2D eigenvalue weighted by Crippen LogP contribution is 2.20. The number of nitrogens with zero attached hydrogens (tertiary/aromatic N) is 2. The van der Waals surface area contributed by atoms with E-state index in [1.807, 2.05) is 11.9 Å². The van der Waals surface area contributed by atoms with Crippen LogP contribution in [0.4, 0.5) is 0 Å². The summed E-state index contributed by atoms with van der Waals surface area (Å²) in [5.74, 6) is 0.749. The van der Waals surface area contributed by atoms with Crippen molar-refractivity contribution in [1.29, 1.82) is 0 Å². The first-order valence-electron chi connectivity index (χ1n) is 7.58. The maximum absolute atomic E-state index is 11.4. The van der Waals surface area contributed by atoms with E-state index < -0.39 is 0 Å². The quantitative estimate of drug-likeness (QED) is 0.843. The van der Waals surface area contributed by atoms with Crippen molar-refractivity contribution in [2.45, 2.75) is 38.6 Å². The highest BCUT2D eigenvalue weighted by atomic mass is 16.2. The predicted octanol–water partition coefficient (Wildman–Crippen LogP) is 2.73. The van der Waals surface area contributed by atoms with E-state index in [0.717, 1.165) is 32.5 Å². The summed E-state index contributed by atoms with van der Waals surface area (Å²) >= 11 is 0. The molecule has 20 heavy (non-hydrogen) atoms. The van der Waals surface area contributed by atoms with Gasteiger partial charge in [-0.25, -0.2) is 0 Å². The van der Waals surface area contributed by atoms with E-state index in [1.165, 1.54) is 5.56 Å². The van der Waals surface area contributed by atoms with Crippen molar-refractivity contribution in [3.63, 3.8) is 0 Å². The summed E-state index contributed by atoms with van der Waals surface area (Å²) in [5, 5.41) is 0. The van der Waals surface area contributed by atoms with Gasteiger partial charge in [0.2, 0.25) is 5.91 Å². The molecule has 110 valence electrons. The third-order valence-corrected chi connectivity index (χ3v) is 4.50. The molecule has 1 aliphatic heterocycles. The molecule has 0 saturated carbocycles. The molecule has 0 bridgehead atoms. The predicted molar refractivity (Wildman–Crippen MR) is 82.8 cm³/mol. The minimum Gasteiger partial charge on any atom is -0.343 e. The van der Waals surface area contributed by atoms with Crippen molar-refractivity contribution < 1.29 is 4.79 Å². The van der Waals surface area contributed by atoms with Crippen LogP contribution in [-0.2, 0) is 4.79 Å². The fourth-order valence-corrected chi connectivity index (χ4v) is 3.02. The summed E-state index contributed by atoms with van der Waals surface area (Å²) in [6.45, 7) is 7.26. The van der Waals surface area contributed by atoms with Gasteiger partial charge in [0.25, 0.3) is 0 Å². The number of piperidine rings is 1. The van der Waals surface area contributed by atoms with Gasteiger partial charge in [0.05, 0.1) is 0 Å². The topological polar surface area (TPSA) is 23.6 Å². The lowest BCUT2D eigenvalue weighted by molar-refractivity contribution is -0.130. The number of amides is 1. The highest BCUT2D eigenvalue weighted by Gasteiger charge is 2.24.